The van der Waals surface area contributed by atoms with Gasteiger partial charge in [-0.25, -0.2) is 4.98 Å². The summed E-state index contributed by atoms with van der Waals surface area (Å²) in [5.74, 6) is 1.12. The van der Waals surface area contributed by atoms with Gasteiger partial charge in [0.2, 0.25) is 0 Å². The van der Waals surface area contributed by atoms with Crippen LogP contribution in [0, 0.1) is 3.57 Å². The van der Waals surface area contributed by atoms with Crippen LogP contribution in [0.3, 0.4) is 0 Å². The van der Waals surface area contributed by atoms with E-state index in [9.17, 15) is 0 Å². The number of rotatable bonds is 5. The molecule has 18 heavy (non-hydrogen) atoms. The summed E-state index contributed by atoms with van der Waals surface area (Å²) in [6.07, 6.45) is 4.79. The van der Waals surface area contributed by atoms with E-state index >= 15 is 0 Å². The quantitative estimate of drug-likeness (QED) is 0.836. The number of benzene rings is 1. The van der Waals surface area contributed by atoms with Crippen LogP contribution in [0.1, 0.15) is 24.4 Å². The molecule has 1 heterocycles. The van der Waals surface area contributed by atoms with E-state index in [4.69, 9.17) is 0 Å². The molecule has 1 atom stereocenters. The van der Waals surface area contributed by atoms with Gasteiger partial charge in [-0.3, -0.25) is 0 Å². The lowest BCUT2D eigenvalue weighted by Crippen LogP contribution is -2.22. The molecule has 0 spiro atoms. The van der Waals surface area contributed by atoms with Gasteiger partial charge in [-0.1, -0.05) is 12.1 Å². The van der Waals surface area contributed by atoms with Crippen LogP contribution in [0.15, 0.2) is 36.7 Å². The number of aryl methyl sites for hydroxylation is 1. The molecule has 0 aliphatic heterocycles. The SMILES string of the molecule is CC(NCCc1nccn1C)c1ccc(I)cc1. The predicted octanol–water partition coefficient (Wildman–Crippen LogP) is 2.92. The fourth-order valence-electron chi connectivity index (χ4n) is 1.91. The Morgan fingerprint density at radius 1 is 1.33 bits per heavy atom. The fraction of sp³-hybridized carbons (Fsp3) is 0.357. The molecule has 0 saturated carbocycles. The molecule has 0 amide bonds. The largest absolute Gasteiger partial charge is 0.338 e. The van der Waals surface area contributed by atoms with Gasteiger partial charge in [-0.15, -0.1) is 0 Å². The molecule has 0 saturated heterocycles. The van der Waals surface area contributed by atoms with E-state index in [-0.39, 0.29) is 0 Å². The lowest BCUT2D eigenvalue weighted by atomic mass is 10.1. The van der Waals surface area contributed by atoms with Crippen LogP contribution in [0.25, 0.3) is 0 Å². The van der Waals surface area contributed by atoms with Crippen molar-refractivity contribution in [3.63, 3.8) is 0 Å². The zero-order valence-electron chi connectivity index (χ0n) is 10.7. The zero-order valence-corrected chi connectivity index (χ0v) is 12.9. The molecule has 3 nitrogen and oxygen atoms in total. The van der Waals surface area contributed by atoms with Gasteiger partial charge in [-0.2, -0.15) is 0 Å². The van der Waals surface area contributed by atoms with Crippen molar-refractivity contribution in [2.45, 2.75) is 19.4 Å². The van der Waals surface area contributed by atoms with E-state index in [0.29, 0.717) is 6.04 Å². The molecule has 0 aliphatic rings. The third kappa shape index (κ3) is 3.55. The number of hydrogen-bond donors (Lipinski definition) is 1. The first-order valence-corrected chi connectivity index (χ1v) is 7.20. The van der Waals surface area contributed by atoms with Gasteiger partial charge < -0.3 is 9.88 Å². The topological polar surface area (TPSA) is 29.9 Å². The summed E-state index contributed by atoms with van der Waals surface area (Å²) in [6, 6.07) is 9.03. The first kappa shape index (κ1) is 13.5. The molecule has 0 radical (unpaired) electrons. The lowest BCUT2D eigenvalue weighted by Gasteiger charge is -2.14. The standard InChI is InChI=1S/C14H18IN3/c1-11(12-3-5-13(15)6-4-12)16-8-7-14-17-9-10-18(14)2/h3-6,9-11,16H,7-8H2,1-2H3. The average molecular weight is 355 g/mol. The highest BCUT2D eigenvalue weighted by atomic mass is 127. The second kappa shape index (κ2) is 6.33. The van der Waals surface area contributed by atoms with Crippen LogP contribution >= 0.6 is 22.6 Å². The number of aromatic nitrogens is 2. The van der Waals surface area contributed by atoms with Crippen molar-refractivity contribution in [1.82, 2.24) is 14.9 Å². The Kier molecular flexibility index (Phi) is 4.77. The third-order valence-electron chi connectivity index (χ3n) is 3.09. The zero-order chi connectivity index (χ0) is 13.0. The molecule has 1 N–H and O–H groups in total. The van der Waals surface area contributed by atoms with Crippen molar-refractivity contribution in [3.05, 3.63) is 51.6 Å². The lowest BCUT2D eigenvalue weighted by molar-refractivity contribution is 0.565. The summed E-state index contributed by atoms with van der Waals surface area (Å²) in [4.78, 5) is 4.32. The van der Waals surface area contributed by atoms with E-state index in [1.807, 2.05) is 19.4 Å². The van der Waals surface area contributed by atoms with Crippen molar-refractivity contribution in [2.24, 2.45) is 7.05 Å². The maximum absolute atomic E-state index is 4.32. The molecule has 2 rings (SSSR count). The van der Waals surface area contributed by atoms with Gasteiger partial charge in [0.05, 0.1) is 0 Å². The van der Waals surface area contributed by atoms with Crippen LogP contribution in [-0.4, -0.2) is 16.1 Å². The summed E-state index contributed by atoms with van der Waals surface area (Å²) >= 11 is 2.33. The maximum atomic E-state index is 4.32. The Hall–Kier alpha value is -0.880. The highest BCUT2D eigenvalue weighted by Gasteiger charge is 2.05. The predicted molar refractivity (Wildman–Crippen MR) is 82.5 cm³/mol. The summed E-state index contributed by atoms with van der Waals surface area (Å²) in [5, 5.41) is 3.53. The van der Waals surface area contributed by atoms with Crippen molar-refractivity contribution in [2.75, 3.05) is 6.54 Å². The third-order valence-corrected chi connectivity index (χ3v) is 3.81. The number of nitrogens with zero attached hydrogens (tertiary/aromatic N) is 2. The Balaban J connectivity index is 1.83. The summed E-state index contributed by atoms with van der Waals surface area (Å²) in [5.41, 5.74) is 1.33. The Morgan fingerprint density at radius 2 is 2.06 bits per heavy atom. The van der Waals surface area contributed by atoms with Gasteiger partial charge in [0.25, 0.3) is 0 Å². The monoisotopic (exact) mass is 355 g/mol. The van der Waals surface area contributed by atoms with Gasteiger partial charge >= 0.3 is 0 Å². The van der Waals surface area contributed by atoms with Crippen LogP contribution in [-0.2, 0) is 13.5 Å². The van der Waals surface area contributed by atoms with E-state index in [2.05, 4.69) is 68.6 Å². The molecule has 1 aromatic carbocycles. The molecule has 96 valence electrons. The second-order valence-corrected chi connectivity index (χ2v) is 5.68. The van der Waals surface area contributed by atoms with E-state index in [0.717, 1.165) is 18.8 Å². The van der Waals surface area contributed by atoms with Crippen molar-refractivity contribution >= 4 is 22.6 Å². The van der Waals surface area contributed by atoms with Crippen LogP contribution in [0.2, 0.25) is 0 Å². The first-order chi connectivity index (χ1) is 8.66. The van der Waals surface area contributed by atoms with Gasteiger partial charge in [0.15, 0.2) is 0 Å². The molecule has 0 bridgehead atoms. The van der Waals surface area contributed by atoms with Gasteiger partial charge in [0.1, 0.15) is 5.82 Å². The minimum absolute atomic E-state index is 0.377. The van der Waals surface area contributed by atoms with Gasteiger partial charge in [0, 0.05) is 42.0 Å². The van der Waals surface area contributed by atoms with Crippen LogP contribution in [0.5, 0.6) is 0 Å². The number of halogens is 1. The van der Waals surface area contributed by atoms with E-state index < -0.39 is 0 Å². The number of imidazole rings is 1. The van der Waals surface area contributed by atoms with E-state index in [1.54, 1.807) is 0 Å². The van der Waals surface area contributed by atoms with Gasteiger partial charge in [-0.05, 0) is 47.2 Å². The second-order valence-electron chi connectivity index (χ2n) is 4.43. The number of nitrogens with one attached hydrogen (secondary N) is 1. The highest BCUT2D eigenvalue weighted by Crippen LogP contribution is 2.14. The summed E-state index contributed by atoms with van der Waals surface area (Å²) in [7, 11) is 2.03. The summed E-state index contributed by atoms with van der Waals surface area (Å²) in [6.45, 7) is 3.14. The molecule has 2 aromatic rings. The van der Waals surface area contributed by atoms with E-state index in [1.165, 1.54) is 9.13 Å². The molecular formula is C14H18IN3. The van der Waals surface area contributed by atoms with Crippen molar-refractivity contribution in [3.8, 4) is 0 Å². The fourth-order valence-corrected chi connectivity index (χ4v) is 2.27. The Morgan fingerprint density at radius 3 is 2.67 bits per heavy atom. The Labute approximate surface area is 122 Å². The minimum Gasteiger partial charge on any atom is -0.338 e. The van der Waals surface area contributed by atoms with Crippen molar-refractivity contribution in [1.29, 1.82) is 0 Å². The smallest absolute Gasteiger partial charge is 0.109 e. The summed E-state index contributed by atoms with van der Waals surface area (Å²) < 4.78 is 3.34. The molecule has 1 unspecified atom stereocenters. The number of hydrogen-bond acceptors (Lipinski definition) is 2. The molecule has 0 fully saturated rings. The maximum Gasteiger partial charge on any atom is 0.109 e. The first-order valence-electron chi connectivity index (χ1n) is 6.12. The average Bonchev–Trinajstić information content (AvgIpc) is 2.76. The highest BCUT2D eigenvalue weighted by molar-refractivity contribution is 14.1. The van der Waals surface area contributed by atoms with Crippen molar-refractivity contribution < 1.29 is 0 Å². The normalized spacial score (nSPS) is 12.6. The molecule has 4 heteroatoms. The molecule has 1 aromatic heterocycles. The molecule has 0 aliphatic carbocycles. The van der Waals surface area contributed by atoms with Crippen LogP contribution in [0.4, 0.5) is 0 Å². The minimum atomic E-state index is 0.377. The van der Waals surface area contributed by atoms with Crippen LogP contribution < -0.4 is 5.32 Å². The molecular weight excluding hydrogens is 337 g/mol. The Bertz CT molecular complexity index is 490.